The van der Waals surface area contributed by atoms with E-state index in [9.17, 15) is 17.6 Å². The number of benzene rings is 2. The molecule has 3 rings (SSSR count). The molecule has 1 heterocycles. The summed E-state index contributed by atoms with van der Waals surface area (Å²) in [4.78, 5) is 13.5. The van der Waals surface area contributed by atoms with Crippen molar-refractivity contribution < 1.29 is 17.6 Å². The highest BCUT2D eigenvalue weighted by molar-refractivity contribution is 7.90. The molecule has 0 unspecified atom stereocenters. The first kappa shape index (κ1) is 15.2. The van der Waals surface area contributed by atoms with E-state index in [0.29, 0.717) is 5.69 Å². The molecule has 0 saturated carbocycles. The summed E-state index contributed by atoms with van der Waals surface area (Å²) >= 11 is 0. The SMILES string of the molecule is O=C(CN1C=NS(=O)(=O)c2ccccc21)Nc1ccccc1F. The molecule has 0 aromatic heterocycles. The van der Waals surface area contributed by atoms with Gasteiger partial charge in [-0.3, -0.25) is 4.79 Å². The van der Waals surface area contributed by atoms with Crippen LogP contribution in [0.15, 0.2) is 57.8 Å². The average molecular weight is 333 g/mol. The van der Waals surface area contributed by atoms with Crippen LogP contribution < -0.4 is 10.2 Å². The Kier molecular flexibility index (Phi) is 3.83. The summed E-state index contributed by atoms with van der Waals surface area (Å²) in [7, 11) is -3.74. The van der Waals surface area contributed by atoms with Crippen molar-refractivity contribution >= 4 is 33.6 Å². The molecule has 0 aliphatic carbocycles. The van der Waals surface area contributed by atoms with E-state index in [2.05, 4.69) is 9.71 Å². The fourth-order valence-electron chi connectivity index (χ4n) is 2.18. The van der Waals surface area contributed by atoms with Crippen LogP contribution in [0.2, 0.25) is 0 Å². The van der Waals surface area contributed by atoms with Crippen LogP contribution in [-0.2, 0) is 14.8 Å². The lowest BCUT2D eigenvalue weighted by Gasteiger charge is -2.24. The maximum Gasteiger partial charge on any atom is 0.285 e. The molecule has 6 nitrogen and oxygen atoms in total. The minimum Gasteiger partial charge on any atom is -0.322 e. The van der Waals surface area contributed by atoms with Gasteiger partial charge in [0.25, 0.3) is 10.0 Å². The Hall–Kier alpha value is -2.74. The summed E-state index contributed by atoms with van der Waals surface area (Å²) in [6, 6.07) is 12.0. The first-order valence-electron chi connectivity index (χ1n) is 6.68. The van der Waals surface area contributed by atoms with Gasteiger partial charge in [-0.2, -0.15) is 8.42 Å². The van der Waals surface area contributed by atoms with Crippen molar-refractivity contribution in [1.82, 2.24) is 0 Å². The van der Waals surface area contributed by atoms with E-state index in [1.807, 2.05) is 0 Å². The van der Waals surface area contributed by atoms with Crippen LogP contribution in [0, 0.1) is 5.82 Å². The number of halogens is 1. The lowest BCUT2D eigenvalue weighted by molar-refractivity contribution is -0.114. The van der Waals surface area contributed by atoms with E-state index in [1.54, 1.807) is 24.3 Å². The van der Waals surface area contributed by atoms with Gasteiger partial charge in [0, 0.05) is 0 Å². The summed E-state index contributed by atoms with van der Waals surface area (Å²) in [6.45, 7) is -0.190. The molecule has 0 radical (unpaired) electrons. The van der Waals surface area contributed by atoms with Gasteiger partial charge in [-0.15, -0.1) is 4.40 Å². The minimum absolute atomic E-state index is 0.0289. The number of anilines is 2. The smallest absolute Gasteiger partial charge is 0.285 e. The summed E-state index contributed by atoms with van der Waals surface area (Å²) in [6.07, 6.45) is 1.08. The monoisotopic (exact) mass is 333 g/mol. The predicted octanol–water partition coefficient (Wildman–Crippen LogP) is 2.00. The minimum atomic E-state index is -3.74. The fourth-order valence-corrected chi connectivity index (χ4v) is 3.24. The van der Waals surface area contributed by atoms with Gasteiger partial charge in [0.2, 0.25) is 5.91 Å². The third-order valence-electron chi connectivity index (χ3n) is 3.24. The highest BCUT2D eigenvalue weighted by Gasteiger charge is 2.26. The Bertz CT molecular complexity index is 896. The van der Waals surface area contributed by atoms with Gasteiger partial charge in [-0.1, -0.05) is 24.3 Å². The summed E-state index contributed by atoms with van der Waals surface area (Å²) in [5.74, 6) is -1.04. The summed E-state index contributed by atoms with van der Waals surface area (Å²) in [5.41, 5.74) is 0.415. The second-order valence-electron chi connectivity index (χ2n) is 4.82. The summed E-state index contributed by atoms with van der Waals surface area (Å²) < 4.78 is 40.7. The van der Waals surface area contributed by atoms with Gasteiger partial charge in [-0.25, -0.2) is 4.39 Å². The largest absolute Gasteiger partial charge is 0.322 e. The van der Waals surface area contributed by atoms with Crippen molar-refractivity contribution in [2.24, 2.45) is 4.40 Å². The Balaban J connectivity index is 1.81. The number of para-hydroxylation sites is 2. The number of fused-ring (bicyclic) bond motifs is 1. The van der Waals surface area contributed by atoms with Gasteiger partial charge >= 0.3 is 0 Å². The summed E-state index contributed by atoms with van der Waals surface area (Å²) in [5, 5.41) is 2.44. The molecular weight excluding hydrogens is 321 g/mol. The molecule has 2 aromatic rings. The van der Waals surface area contributed by atoms with Crippen molar-refractivity contribution in [2.75, 3.05) is 16.8 Å². The number of nitrogens with zero attached hydrogens (tertiary/aromatic N) is 2. The van der Waals surface area contributed by atoms with Crippen LogP contribution in [-0.4, -0.2) is 27.2 Å². The third-order valence-corrected chi connectivity index (χ3v) is 4.51. The lowest BCUT2D eigenvalue weighted by atomic mass is 10.3. The Labute approximate surface area is 132 Å². The van der Waals surface area contributed by atoms with Crippen molar-refractivity contribution in [3.63, 3.8) is 0 Å². The maximum absolute atomic E-state index is 13.5. The molecule has 118 valence electrons. The van der Waals surface area contributed by atoms with Crippen LogP contribution >= 0.6 is 0 Å². The number of nitrogens with one attached hydrogen (secondary N) is 1. The topological polar surface area (TPSA) is 78.8 Å². The first-order chi connectivity index (χ1) is 11.0. The van der Waals surface area contributed by atoms with Crippen molar-refractivity contribution in [3.05, 3.63) is 54.3 Å². The second kappa shape index (κ2) is 5.81. The number of sulfonamides is 1. The molecule has 1 N–H and O–H groups in total. The highest BCUT2D eigenvalue weighted by atomic mass is 32.2. The van der Waals surface area contributed by atoms with Gasteiger partial charge in [-0.05, 0) is 24.3 Å². The molecule has 2 aromatic carbocycles. The van der Waals surface area contributed by atoms with Crippen LogP contribution in [0.3, 0.4) is 0 Å². The van der Waals surface area contributed by atoms with E-state index in [1.165, 1.54) is 29.2 Å². The molecule has 0 fully saturated rings. The van der Waals surface area contributed by atoms with E-state index in [-0.39, 0.29) is 17.1 Å². The zero-order valence-corrected chi connectivity index (χ0v) is 12.6. The van der Waals surface area contributed by atoms with Crippen molar-refractivity contribution in [2.45, 2.75) is 4.90 Å². The molecule has 0 bridgehead atoms. The Morgan fingerprint density at radius 1 is 1.13 bits per heavy atom. The normalized spacial score (nSPS) is 15.1. The molecule has 1 aliphatic rings. The highest BCUT2D eigenvalue weighted by Crippen LogP contribution is 2.28. The molecule has 0 saturated heterocycles. The fraction of sp³-hybridized carbons (Fsp3) is 0.0667. The Morgan fingerprint density at radius 3 is 2.61 bits per heavy atom. The molecule has 23 heavy (non-hydrogen) atoms. The van der Waals surface area contributed by atoms with Gasteiger partial charge < -0.3 is 10.2 Å². The number of carbonyl (C=O) groups is 1. The van der Waals surface area contributed by atoms with Crippen LogP contribution in [0.4, 0.5) is 15.8 Å². The molecule has 0 atom stereocenters. The van der Waals surface area contributed by atoms with Crippen molar-refractivity contribution in [3.8, 4) is 0 Å². The van der Waals surface area contributed by atoms with Crippen molar-refractivity contribution in [1.29, 1.82) is 0 Å². The number of carbonyl (C=O) groups excluding carboxylic acids is 1. The molecular formula is C15H12FN3O3S. The number of rotatable bonds is 3. The molecule has 8 heteroatoms. The average Bonchev–Trinajstić information content (AvgIpc) is 2.53. The zero-order valence-electron chi connectivity index (χ0n) is 11.8. The van der Waals surface area contributed by atoms with Crippen LogP contribution in [0.25, 0.3) is 0 Å². The van der Waals surface area contributed by atoms with Gasteiger partial charge in [0.05, 0.1) is 11.4 Å². The number of hydrogen-bond acceptors (Lipinski definition) is 4. The van der Waals surface area contributed by atoms with E-state index in [0.717, 1.165) is 6.34 Å². The molecule has 0 spiro atoms. The predicted molar refractivity (Wildman–Crippen MR) is 84.5 cm³/mol. The molecule has 1 amide bonds. The lowest BCUT2D eigenvalue weighted by Crippen LogP contribution is -2.35. The third kappa shape index (κ3) is 3.07. The van der Waals surface area contributed by atoms with Crippen LogP contribution in [0.1, 0.15) is 0 Å². The zero-order chi connectivity index (χ0) is 16.4. The number of amides is 1. The van der Waals surface area contributed by atoms with Crippen LogP contribution in [0.5, 0.6) is 0 Å². The maximum atomic E-state index is 13.5. The molecule has 1 aliphatic heterocycles. The Morgan fingerprint density at radius 2 is 1.83 bits per heavy atom. The first-order valence-corrected chi connectivity index (χ1v) is 8.12. The van der Waals surface area contributed by atoms with Gasteiger partial charge in [0.1, 0.15) is 23.6 Å². The second-order valence-corrected chi connectivity index (χ2v) is 6.42. The standard InChI is InChI=1S/C15H12FN3O3S/c16-11-5-1-2-6-12(11)18-15(20)9-19-10-17-23(21,22)14-8-4-3-7-13(14)19/h1-8,10H,9H2,(H,18,20). The van der Waals surface area contributed by atoms with Gasteiger partial charge in [0.15, 0.2) is 0 Å². The van der Waals surface area contributed by atoms with E-state index < -0.39 is 21.7 Å². The van der Waals surface area contributed by atoms with E-state index >= 15 is 0 Å². The van der Waals surface area contributed by atoms with E-state index in [4.69, 9.17) is 0 Å². The quantitative estimate of drug-likeness (QED) is 0.932. The number of hydrogen-bond donors (Lipinski definition) is 1.